The molecule has 0 radical (unpaired) electrons. The van der Waals surface area contributed by atoms with Crippen molar-refractivity contribution in [3.63, 3.8) is 0 Å². The molecule has 0 aliphatic heterocycles. The first-order valence-corrected chi connectivity index (χ1v) is 5.85. The van der Waals surface area contributed by atoms with Gasteiger partial charge in [-0.25, -0.2) is 4.98 Å². The van der Waals surface area contributed by atoms with E-state index >= 15 is 0 Å². The minimum absolute atomic E-state index is 0.155. The highest BCUT2D eigenvalue weighted by atomic mass is 127. The molecule has 4 nitrogen and oxygen atoms in total. The topological polar surface area (TPSA) is 56.0 Å². The summed E-state index contributed by atoms with van der Waals surface area (Å²) >= 11 is 8.12. The normalized spacial score (nSPS) is 10.7. The van der Waals surface area contributed by atoms with E-state index in [2.05, 4.69) is 27.6 Å². The molecular formula is C10H6ClIN2O2. The second-order valence-electron chi connectivity index (χ2n) is 3.30. The molecule has 1 aromatic heterocycles. The maximum absolute atomic E-state index is 10.7. The fraction of sp³-hybridized carbons (Fsp3) is 0.100. The van der Waals surface area contributed by atoms with Crippen LogP contribution in [-0.2, 0) is 0 Å². The van der Waals surface area contributed by atoms with E-state index < -0.39 is 4.92 Å². The van der Waals surface area contributed by atoms with Gasteiger partial charge in [0, 0.05) is 8.96 Å². The molecule has 0 spiro atoms. The summed E-state index contributed by atoms with van der Waals surface area (Å²) in [6, 6.07) is 3.79. The fourth-order valence-electron chi connectivity index (χ4n) is 1.48. The van der Waals surface area contributed by atoms with Crippen molar-refractivity contribution < 1.29 is 4.92 Å². The van der Waals surface area contributed by atoms with Crippen LogP contribution in [0.15, 0.2) is 18.3 Å². The Labute approximate surface area is 110 Å². The first kappa shape index (κ1) is 11.5. The Hall–Kier alpha value is -0.950. The van der Waals surface area contributed by atoms with Crippen molar-refractivity contribution >= 4 is 50.8 Å². The van der Waals surface area contributed by atoms with Gasteiger partial charge in [-0.1, -0.05) is 17.7 Å². The zero-order chi connectivity index (χ0) is 11.9. The molecule has 0 aliphatic rings. The van der Waals surface area contributed by atoms with Gasteiger partial charge in [0.2, 0.25) is 0 Å². The zero-order valence-corrected chi connectivity index (χ0v) is 11.1. The number of aryl methyl sites for hydroxylation is 1. The van der Waals surface area contributed by atoms with Gasteiger partial charge in [-0.05, 0) is 41.1 Å². The molecule has 0 aliphatic carbocycles. The molecule has 0 N–H and O–H groups in total. The van der Waals surface area contributed by atoms with Crippen LogP contribution >= 0.6 is 34.2 Å². The number of aromatic nitrogens is 1. The van der Waals surface area contributed by atoms with Crippen LogP contribution in [0.2, 0.25) is 5.02 Å². The number of rotatable bonds is 1. The van der Waals surface area contributed by atoms with Crippen LogP contribution in [-0.4, -0.2) is 9.91 Å². The van der Waals surface area contributed by atoms with Crippen molar-refractivity contribution in [1.29, 1.82) is 0 Å². The monoisotopic (exact) mass is 348 g/mol. The summed E-state index contributed by atoms with van der Waals surface area (Å²) in [5.74, 6) is 0. The molecule has 6 heteroatoms. The molecule has 0 atom stereocenters. The Morgan fingerprint density at radius 3 is 2.81 bits per heavy atom. The first-order chi connectivity index (χ1) is 7.52. The van der Waals surface area contributed by atoms with Crippen molar-refractivity contribution in [2.75, 3.05) is 0 Å². The maximum Gasteiger partial charge on any atom is 0.306 e. The summed E-state index contributed by atoms with van der Waals surface area (Å²) in [5.41, 5.74) is 1.51. The third-order valence-corrected chi connectivity index (χ3v) is 3.57. The molecule has 0 saturated heterocycles. The minimum atomic E-state index is -0.521. The van der Waals surface area contributed by atoms with E-state index in [0.29, 0.717) is 10.9 Å². The van der Waals surface area contributed by atoms with Crippen molar-refractivity contribution in [3.8, 4) is 0 Å². The van der Waals surface area contributed by atoms with Crippen LogP contribution < -0.4 is 0 Å². The van der Waals surface area contributed by atoms with Gasteiger partial charge in [0.05, 0.1) is 10.4 Å². The molecule has 82 valence electrons. The van der Waals surface area contributed by atoms with E-state index in [-0.39, 0.29) is 10.7 Å². The lowest BCUT2D eigenvalue weighted by Gasteiger charge is -2.05. The van der Waals surface area contributed by atoms with Gasteiger partial charge < -0.3 is 0 Å². The number of hydrogen-bond acceptors (Lipinski definition) is 3. The van der Waals surface area contributed by atoms with Crippen LogP contribution in [0.1, 0.15) is 5.56 Å². The highest BCUT2D eigenvalue weighted by molar-refractivity contribution is 14.1. The van der Waals surface area contributed by atoms with Gasteiger partial charge in [-0.15, -0.1) is 0 Å². The molecular weight excluding hydrogens is 342 g/mol. The Morgan fingerprint density at radius 2 is 2.19 bits per heavy atom. The molecule has 0 amide bonds. The van der Waals surface area contributed by atoms with Gasteiger partial charge in [-0.3, -0.25) is 10.1 Å². The molecule has 1 aromatic carbocycles. The second kappa shape index (κ2) is 4.14. The van der Waals surface area contributed by atoms with Gasteiger partial charge >= 0.3 is 5.69 Å². The highest BCUT2D eigenvalue weighted by Gasteiger charge is 2.18. The van der Waals surface area contributed by atoms with Crippen LogP contribution in [0.4, 0.5) is 5.69 Å². The average molecular weight is 349 g/mol. The third-order valence-electron chi connectivity index (χ3n) is 2.29. The quantitative estimate of drug-likeness (QED) is 0.448. The van der Waals surface area contributed by atoms with Crippen molar-refractivity contribution in [2.24, 2.45) is 0 Å². The molecule has 0 saturated carbocycles. The van der Waals surface area contributed by atoms with Gasteiger partial charge in [0.15, 0.2) is 0 Å². The van der Waals surface area contributed by atoms with Crippen molar-refractivity contribution in [1.82, 2.24) is 4.98 Å². The van der Waals surface area contributed by atoms with Gasteiger partial charge in [0.1, 0.15) is 11.2 Å². The van der Waals surface area contributed by atoms with Crippen LogP contribution in [0, 0.1) is 20.6 Å². The average Bonchev–Trinajstić information content (AvgIpc) is 2.23. The Morgan fingerprint density at radius 1 is 1.50 bits per heavy atom. The number of benzene rings is 1. The molecule has 16 heavy (non-hydrogen) atoms. The first-order valence-electron chi connectivity index (χ1n) is 4.40. The third kappa shape index (κ3) is 1.73. The summed E-state index contributed by atoms with van der Waals surface area (Å²) in [7, 11) is 0. The van der Waals surface area contributed by atoms with E-state index in [1.54, 1.807) is 0 Å². The largest absolute Gasteiger partial charge is 0.306 e. The van der Waals surface area contributed by atoms with E-state index in [1.807, 2.05) is 19.1 Å². The lowest BCUT2D eigenvalue weighted by Crippen LogP contribution is -1.94. The second-order valence-corrected chi connectivity index (χ2v) is 4.84. The lowest BCUT2D eigenvalue weighted by molar-refractivity contribution is -0.384. The number of hydrogen-bond donors (Lipinski definition) is 0. The van der Waals surface area contributed by atoms with E-state index in [9.17, 15) is 10.1 Å². The van der Waals surface area contributed by atoms with Crippen molar-refractivity contribution in [2.45, 2.75) is 6.92 Å². The Kier molecular flexibility index (Phi) is 2.98. The predicted molar refractivity (Wildman–Crippen MR) is 70.9 cm³/mol. The van der Waals surface area contributed by atoms with Crippen LogP contribution in [0.3, 0.4) is 0 Å². The molecule has 2 aromatic rings. The van der Waals surface area contributed by atoms with Crippen LogP contribution in [0.5, 0.6) is 0 Å². The summed E-state index contributed by atoms with van der Waals surface area (Å²) in [5, 5.41) is 11.5. The van der Waals surface area contributed by atoms with E-state index in [1.165, 1.54) is 6.20 Å². The van der Waals surface area contributed by atoms with Crippen LogP contribution in [0.25, 0.3) is 10.9 Å². The molecule has 2 rings (SSSR count). The SMILES string of the molecule is Cc1ccc(I)c2c(Cl)c([N+](=O)[O-])cnc12. The Balaban J connectivity index is 2.94. The highest BCUT2D eigenvalue weighted by Crippen LogP contribution is 2.34. The van der Waals surface area contributed by atoms with Gasteiger partial charge in [0.25, 0.3) is 0 Å². The fourth-order valence-corrected chi connectivity index (χ4v) is 2.66. The lowest BCUT2D eigenvalue weighted by atomic mass is 10.1. The standard InChI is InChI=1S/C10H6ClIN2O2/c1-5-2-3-6(12)8-9(11)7(14(15)16)4-13-10(5)8/h2-4H,1H3. The smallest absolute Gasteiger partial charge is 0.258 e. The minimum Gasteiger partial charge on any atom is -0.258 e. The summed E-state index contributed by atoms with van der Waals surface area (Å²) < 4.78 is 0.861. The maximum atomic E-state index is 10.7. The Bertz CT molecular complexity index is 601. The summed E-state index contributed by atoms with van der Waals surface area (Å²) in [6.45, 7) is 1.90. The molecule has 0 bridgehead atoms. The molecule has 0 unspecified atom stereocenters. The summed E-state index contributed by atoms with van der Waals surface area (Å²) in [6.07, 6.45) is 1.20. The zero-order valence-electron chi connectivity index (χ0n) is 8.20. The van der Waals surface area contributed by atoms with Gasteiger partial charge in [-0.2, -0.15) is 0 Å². The molecule has 1 heterocycles. The predicted octanol–water partition coefficient (Wildman–Crippen LogP) is 3.71. The summed E-state index contributed by atoms with van der Waals surface area (Å²) in [4.78, 5) is 14.3. The number of nitro groups is 1. The number of halogens is 2. The number of nitrogens with zero attached hydrogens (tertiary/aromatic N) is 2. The number of pyridine rings is 1. The number of fused-ring (bicyclic) bond motifs is 1. The van der Waals surface area contributed by atoms with Crippen molar-refractivity contribution in [3.05, 3.63) is 42.6 Å². The van der Waals surface area contributed by atoms with E-state index in [0.717, 1.165) is 9.13 Å². The molecule has 0 fully saturated rings. The van der Waals surface area contributed by atoms with E-state index in [4.69, 9.17) is 11.6 Å².